The molecular weight excluding hydrogens is 639 g/mol. The van der Waals surface area contributed by atoms with Crippen LogP contribution >= 0.6 is 0 Å². The molecule has 12 rings (SSSR count). The van der Waals surface area contributed by atoms with Gasteiger partial charge < -0.3 is 0 Å². The molecule has 0 saturated carbocycles. The molecule has 0 aliphatic heterocycles. The van der Waals surface area contributed by atoms with E-state index in [1.807, 2.05) is 12.1 Å². The van der Waals surface area contributed by atoms with Crippen LogP contribution in [0.2, 0.25) is 0 Å². The van der Waals surface area contributed by atoms with Gasteiger partial charge in [-0.25, -0.2) is 8.78 Å². The third kappa shape index (κ3) is 3.58. The van der Waals surface area contributed by atoms with Crippen LogP contribution in [0.1, 0.15) is 0 Å². The molecule has 0 aromatic heterocycles. The van der Waals surface area contributed by atoms with Gasteiger partial charge in [0.2, 0.25) is 0 Å². The summed E-state index contributed by atoms with van der Waals surface area (Å²) in [7, 11) is 0. The lowest BCUT2D eigenvalue weighted by atomic mass is 9.85. The first-order valence-electron chi connectivity index (χ1n) is 17.7. The maximum atomic E-state index is 15.3. The number of rotatable bonds is 2. The van der Waals surface area contributed by atoms with Crippen molar-refractivity contribution in [3.8, 4) is 22.3 Å². The molecule has 2 heteroatoms. The summed E-state index contributed by atoms with van der Waals surface area (Å²) in [5.74, 6) is -0.560. The van der Waals surface area contributed by atoms with Crippen LogP contribution in [0.25, 0.3) is 119 Å². The van der Waals surface area contributed by atoms with Gasteiger partial charge in [0.1, 0.15) is 11.6 Å². The number of hydrogen-bond donors (Lipinski definition) is 0. The number of halogens is 2. The van der Waals surface area contributed by atoms with Crippen LogP contribution in [-0.4, -0.2) is 0 Å². The van der Waals surface area contributed by atoms with Crippen molar-refractivity contribution in [2.24, 2.45) is 0 Å². The minimum absolute atomic E-state index is 0.280. The van der Waals surface area contributed by atoms with Gasteiger partial charge in [-0.05, 0) is 168 Å². The molecule has 0 heterocycles. The number of fused-ring (bicyclic) bond motifs is 11. The van der Waals surface area contributed by atoms with E-state index in [2.05, 4.69) is 109 Å². The Morgan fingerprint density at radius 2 is 0.673 bits per heavy atom. The quantitative estimate of drug-likeness (QED) is 0.161. The molecule has 0 saturated heterocycles. The summed E-state index contributed by atoms with van der Waals surface area (Å²) in [4.78, 5) is 0. The molecular formula is C50H26F2. The standard InChI is InChI=1S/C50H26F2/c51-31-13-5-11-29(21-31)45-43-26-40-39(37-19-7-17-35-33-15-3-1-9-27(33)23-41(40)47(35)37)25-42(43)46(30-12-6-14-32(52)22-30)50-44-24-28-10-2-4-16-34(28)36-18-8-20-38(48(36)44)49(45)50/h1-26H. The summed E-state index contributed by atoms with van der Waals surface area (Å²) in [5, 5.41) is 20.7. The SMILES string of the molecule is Fc1cccc(-c2c3cc4c(cc3c(-c3cccc(F)c3)c3c5cc6ccccc6c6cccc(c23)c65)c2cccc3c5ccccc5cc4c32)c1. The largest absolute Gasteiger partial charge is 0.207 e. The van der Waals surface area contributed by atoms with E-state index in [1.54, 1.807) is 24.3 Å². The third-order valence-electron chi connectivity index (χ3n) is 11.6. The molecule has 0 nitrogen and oxygen atoms in total. The lowest BCUT2D eigenvalue weighted by molar-refractivity contribution is 0.628. The molecule has 0 unspecified atom stereocenters. The lowest BCUT2D eigenvalue weighted by Crippen LogP contribution is -1.91. The number of benzene rings is 10. The molecule has 0 spiro atoms. The Morgan fingerprint density at radius 1 is 0.250 bits per heavy atom. The predicted molar refractivity (Wildman–Crippen MR) is 217 cm³/mol. The van der Waals surface area contributed by atoms with Crippen LogP contribution < -0.4 is 0 Å². The first-order chi connectivity index (χ1) is 25.6. The fourth-order valence-electron chi connectivity index (χ4n) is 9.57. The van der Waals surface area contributed by atoms with Crippen molar-refractivity contribution in [3.63, 3.8) is 0 Å². The fourth-order valence-corrected chi connectivity index (χ4v) is 9.57. The summed E-state index contributed by atoms with van der Waals surface area (Å²) < 4.78 is 30.7. The van der Waals surface area contributed by atoms with E-state index in [9.17, 15) is 0 Å². The zero-order valence-corrected chi connectivity index (χ0v) is 27.8. The van der Waals surface area contributed by atoms with E-state index >= 15 is 8.78 Å². The van der Waals surface area contributed by atoms with Crippen LogP contribution in [-0.2, 0) is 0 Å². The smallest absolute Gasteiger partial charge is 0.123 e. The van der Waals surface area contributed by atoms with Gasteiger partial charge in [-0.15, -0.1) is 0 Å². The van der Waals surface area contributed by atoms with Crippen molar-refractivity contribution in [2.75, 3.05) is 0 Å². The zero-order valence-electron chi connectivity index (χ0n) is 27.8. The van der Waals surface area contributed by atoms with Crippen molar-refractivity contribution >= 4 is 97.0 Å². The van der Waals surface area contributed by atoms with Crippen molar-refractivity contribution in [3.05, 3.63) is 169 Å². The van der Waals surface area contributed by atoms with E-state index in [4.69, 9.17) is 0 Å². The molecule has 0 aliphatic rings. The molecule has 240 valence electrons. The maximum absolute atomic E-state index is 15.3. The summed E-state index contributed by atoms with van der Waals surface area (Å²) in [6, 6.07) is 53.5. The van der Waals surface area contributed by atoms with Crippen molar-refractivity contribution in [1.82, 2.24) is 0 Å². The Hall–Kier alpha value is -6.64. The molecule has 0 bridgehead atoms. The maximum Gasteiger partial charge on any atom is 0.123 e. The lowest BCUT2D eigenvalue weighted by Gasteiger charge is -2.17. The summed E-state index contributed by atoms with van der Waals surface area (Å²) >= 11 is 0. The predicted octanol–water partition coefficient (Wildman–Crippen LogP) is 14.6. The average molecular weight is 665 g/mol. The topological polar surface area (TPSA) is 0 Å². The van der Waals surface area contributed by atoms with Gasteiger partial charge in [0, 0.05) is 0 Å². The van der Waals surface area contributed by atoms with E-state index in [0.29, 0.717) is 0 Å². The summed E-state index contributed by atoms with van der Waals surface area (Å²) in [6.07, 6.45) is 0. The Kier molecular flexibility index (Phi) is 5.40. The fraction of sp³-hybridized carbons (Fsp3) is 0. The highest BCUT2D eigenvalue weighted by atomic mass is 19.1. The first kappa shape index (κ1) is 28.1. The van der Waals surface area contributed by atoms with E-state index in [1.165, 1.54) is 60.6 Å². The molecule has 0 aliphatic carbocycles. The van der Waals surface area contributed by atoms with Crippen LogP contribution in [0, 0.1) is 11.6 Å². The highest BCUT2D eigenvalue weighted by Gasteiger charge is 2.26. The van der Waals surface area contributed by atoms with Crippen molar-refractivity contribution in [2.45, 2.75) is 0 Å². The summed E-state index contributed by atoms with van der Waals surface area (Å²) in [6.45, 7) is 0. The molecule has 12 aromatic rings. The van der Waals surface area contributed by atoms with Gasteiger partial charge in [0.05, 0.1) is 0 Å². The van der Waals surface area contributed by atoms with E-state index in [-0.39, 0.29) is 11.6 Å². The molecule has 0 N–H and O–H groups in total. The van der Waals surface area contributed by atoms with Gasteiger partial charge in [0.15, 0.2) is 0 Å². The number of hydrogen-bond acceptors (Lipinski definition) is 0. The molecule has 0 radical (unpaired) electrons. The van der Waals surface area contributed by atoms with Crippen molar-refractivity contribution < 1.29 is 8.78 Å². The van der Waals surface area contributed by atoms with Crippen LogP contribution in [0.3, 0.4) is 0 Å². The Balaban J connectivity index is 1.41. The first-order valence-corrected chi connectivity index (χ1v) is 17.7. The second-order valence-corrected chi connectivity index (χ2v) is 14.2. The summed E-state index contributed by atoms with van der Waals surface area (Å²) in [5.41, 5.74) is 3.63. The highest BCUT2D eigenvalue weighted by molar-refractivity contribution is 6.44. The minimum atomic E-state index is -0.280. The average Bonchev–Trinajstić information content (AvgIpc) is 3.66. The Morgan fingerprint density at radius 3 is 1.25 bits per heavy atom. The van der Waals surface area contributed by atoms with E-state index < -0.39 is 0 Å². The van der Waals surface area contributed by atoms with Gasteiger partial charge in [-0.3, -0.25) is 0 Å². The normalized spacial score (nSPS) is 12.4. The molecule has 0 amide bonds. The Bertz CT molecular complexity index is 3480. The van der Waals surface area contributed by atoms with Crippen LogP contribution in [0.4, 0.5) is 8.78 Å². The molecule has 0 fully saturated rings. The second-order valence-electron chi connectivity index (χ2n) is 14.2. The molecule has 0 atom stereocenters. The van der Waals surface area contributed by atoms with Crippen LogP contribution in [0.15, 0.2) is 158 Å². The van der Waals surface area contributed by atoms with Gasteiger partial charge >= 0.3 is 0 Å². The van der Waals surface area contributed by atoms with Gasteiger partial charge in [0.25, 0.3) is 0 Å². The Labute approximate surface area is 296 Å². The zero-order chi connectivity index (χ0) is 34.2. The molecule has 52 heavy (non-hydrogen) atoms. The molecule has 12 aromatic carbocycles. The van der Waals surface area contributed by atoms with E-state index in [0.717, 1.165) is 70.7 Å². The van der Waals surface area contributed by atoms with Crippen LogP contribution in [0.5, 0.6) is 0 Å². The third-order valence-corrected chi connectivity index (χ3v) is 11.6. The highest BCUT2D eigenvalue weighted by Crippen LogP contribution is 2.54. The monoisotopic (exact) mass is 664 g/mol. The van der Waals surface area contributed by atoms with Gasteiger partial charge in [-0.2, -0.15) is 0 Å². The van der Waals surface area contributed by atoms with Crippen molar-refractivity contribution in [1.29, 1.82) is 0 Å². The van der Waals surface area contributed by atoms with Gasteiger partial charge in [-0.1, -0.05) is 109 Å². The minimum Gasteiger partial charge on any atom is -0.207 e. The second kappa shape index (κ2) is 9.99.